The van der Waals surface area contributed by atoms with Gasteiger partial charge in [0.25, 0.3) is 0 Å². The van der Waals surface area contributed by atoms with Gasteiger partial charge in [-0.3, -0.25) is 9.59 Å². The molecule has 0 spiro atoms. The first-order chi connectivity index (χ1) is 10.9. The molecule has 0 heterocycles. The van der Waals surface area contributed by atoms with Gasteiger partial charge in [0.1, 0.15) is 0 Å². The maximum Gasteiger partial charge on any atom is 0.304 e. The lowest BCUT2D eigenvalue weighted by Gasteiger charge is -2.25. The van der Waals surface area contributed by atoms with Gasteiger partial charge in [-0.1, -0.05) is 32.4 Å². The first kappa shape index (κ1) is 19.4. The van der Waals surface area contributed by atoms with Crippen molar-refractivity contribution in [3.05, 3.63) is 34.9 Å². The Bertz CT molecular complexity index is 539. The van der Waals surface area contributed by atoms with Gasteiger partial charge in [-0.05, 0) is 50.6 Å². The number of Topliss-reactive ketones (excluding diaryl/α,β-unsaturated/α-hetero) is 1. The van der Waals surface area contributed by atoms with Gasteiger partial charge in [-0.25, -0.2) is 0 Å². The van der Waals surface area contributed by atoms with Crippen LogP contribution in [0.3, 0.4) is 0 Å². The number of benzene rings is 1. The Balaban J connectivity index is 2.92. The third-order valence-corrected chi connectivity index (χ3v) is 4.34. The summed E-state index contributed by atoms with van der Waals surface area (Å²) in [5, 5.41) is 9.17. The number of aryl methyl sites for hydroxylation is 2. The van der Waals surface area contributed by atoms with Gasteiger partial charge >= 0.3 is 5.97 Å². The van der Waals surface area contributed by atoms with Gasteiger partial charge in [0.2, 0.25) is 0 Å². The molecule has 1 aromatic carbocycles. The highest BCUT2D eigenvalue weighted by Crippen LogP contribution is 2.18. The van der Waals surface area contributed by atoms with Crippen molar-refractivity contribution in [2.24, 2.45) is 5.92 Å². The summed E-state index contributed by atoms with van der Waals surface area (Å²) in [5.74, 6) is -1.48. The van der Waals surface area contributed by atoms with E-state index in [1.807, 2.05) is 39.0 Å². The van der Waals surface area contributed by atoms with Crippen LogP contribution in [0.25, 0.3) is 0 Å². The summed E-state index contributed by atoms with van der Waals surface area (Å²) in [6.07, 6.45) is 2.03. The van der Waals surface area contributed by atoms with Gasteiger partial charge in [0.05, 0.1) is 6.42 Å². The summed E-state index contributed by atoms with van der Waals surface area (Å²) in [6.45, 7) is 10.4. The number of hydrogen-bond acceptors (Lipinski definition) is 3. The van der Waals surface area contributed by atoms with Crippen LogP contribution < -0.4 is 0 Å². The maximum atomic E-state index is 12.8. The van der Waals surface area contributed by atoms with E-state index in [9.17, 15) is 9.59 Å². The summed E-state index contributed by atoms with van der Waals surface area (Å²) in [5.41, 5.74) is 2.81. The molecule has 0 bridgehead atoms. The van der Waals surface area contributed by atoms with E-state index < -0.39 is 11.9 Å². The molecule has 0 aromatic heterocycles. The van der Waals surface area contributed by atoms with Gasteiger partial charge in [-0.15, -0.1) is 0 Å². The van der Waals surface area contributed by atoms with Crippen LogP contribution in [0.1, 0.15) is 54.6 Å². The van der Waals surface area contributed by atoms with Crippen LogP contribution in [0.4, 0.5) is 0 Å². The van der Waals surface area contributed by atoms with E-state index >= 15 is 0 Å². The average molecular weight is 319 g/mol. The number of carbonyl (C=O) groups excluding carboxylic acids is 1. The van der Waals surface area contributed by atoms with E-state index in [-0.39, 0.29) is 12.2 Å². The summed E-state index contributed by atoms with van der Waals surface area (Å²) in [4.78, 5) is 26.1. The molecule has 128 valence electrons. The van der Waals surface area contributed by atoms with Crippen LogP contribution in [0.15, 0.2) is 18.2 Å². The molecule has 0 aliphatic heterocycles. The second-order valence-electron chi connectivity index (χ2n) is 6.20. The summed E-state index contributed by atoms with van der Waals surface area (Å²) >= 11 is 0. The third-order valence-electron chi connectivity index (χ3n) is 4.34. The molecule has 4 nitrogen and oxygen atoms in total. The molecule has 0 radical (unpaired) electrons. The molecule has 0 amide bonds. The van der Waals surface area contributed by atoms with Gasteiger partial charge < -0.3 is 10.0 Å². The molecule has 1 rings (SSSR count). The van der Waals surface area contributed by atoms with Crippen LogP contribution in [0.5, 0.6) is 0 Å². The lowest BCUT2D eigenvalue weighted by Crippen LogP contribution is -2.35. The molecule has 0 aliphatic rings. The number of aliphatic carboxylic acids is 1. The molecule has 0 saturated carbocycles. The molecule has 4 heteroatoms. The first-order valence-corrected chi connectivity index (χ1v) is 8.44. The molecule has 1 unspecified atom stereocenters. The minimum absolute atomic E-state index is 0.0644. The quantitative estimate of drug-likeness (QED) is 0.668. The maximum absolute atomic E-state index is 12.8. The standard InChI is InChI=1S/C19H29NO3/c1-5-7-10-20(6-2)13-17(12-18(21)22)19(23)16-9-8-14(3)15(4)11-16/h8-9,11,17H,5-7,10,12-13H2,1-4H3,(H,21,22). The van der Waals surface area contributed by atoms with Crippen LogP contribution in [-0.2, 0) is 4.79 Å². The number of ketones is 1. The zero-order valence-electron chi connectivity index (χ0n) is 14.8. The highest BCUT2D eigenvalue weighted by molar-refractivity contribution is 5.99. The van der Waals surface area contributed by atoms with Crippen molar-refractivity contribution in [1.82, 2.24) is 4.90 Å². The van der Waals surface area contributed by atoms with Gasteiger partial charge in [-0.2, -0.15) is 0 Å². The predicted molar refractivity (Wildman–Crippen MR) is 93.0 cm³/mol. The minimum atomic E-state index is -0.918. The Labute approximate surface area is 139 Å². The molecule has 0 fully saturated rings. The highest BCUT2D eigenvalue weighted by atomic mass is 16.4. The van der Waals surface area contributed by atoms with Crippen LogP contribution in [0.2, 0.25) is 0 Å². The van der Waals surface area contributed by atoms with Crippen molar-refractivity contribution in [3.8, 4) is 0 Å². The molecule has 23 heavy (non-hydrogen) atoms. The van der Waals surface area contributed by atoms with Crippen molar-refractivity contribution in [1.29, 1.82) is 0 Å². The summed E-state index contributed by atoms with van der Waals surface area (Å²) in [6, 6.07) is 5.60. The number of hydrogen-bond donors (Lipinski definition) is 1. The fourth-order valence-corrected chi connectivity index (χ4v) is 2.65. The number of carboxylic acids is 1. The summed E-state index contributed by atoms with van der Waals surface area (Å²) in [7, 11) is 0. The fourth-order valence-electron chi connectivity index (χ4n) is 2.65. The number of rotatable bonds is 10. The van der Waals surface area contributed by atoms with Crippen LogP contribution in [-0.4, -0.2) is 41.4 Å². The highest BCUT2D eigenvalue weighted by Gasteiger charge is 2.25. The van der Waals surface area contributed by atoms with Crippen molar-refractivity contribution in [2.75, 3.05) is 19.6 Å². The Morgan fingerprint density at radius 2 is 1.87 bits per heavy atom. The zero-order chi connectivity index (χ0) is 17.4. The molecule has 1 atom stereocenters. The molecular formula is C19H29NO3. The molecule has 1 aromatic rings. The van der Waals surface area contributed by atoms with E-state index in [1.165, 1.54) is 0 Å². The number of carboxylic acid groups (broad SMARTS) is 1. The fraction of sp³-hybridized carbons (Fsp3) is 0.579. The van der Waals surface area contributed by atoms with E-state index in [2.05, 4.69) is 11.8 Å². The van der Waals surface area contributed by atoms with Crippen LogP contribution >= 0.6 is 0 Å². The zero-order valence-corrected chi connectivity index (χ0v) is 14.8. The second-order valence-corrected chi connectivity index (χ2v) is 6.20. The van der Waals surface area contributed by atoms with Crippen molar-refractivity contribution < 1.29 is 14.7 Å². The van der Waals surface area contributed by atoms with E-state index in [0.717, 1.165) is 37.1 Å². The van der Waals surface area contributed by atoms with Gasteiger partial charge in [0.15, 0.2) is 5.78 Å². The second kappa shape index (κ2) is 9.46. The lowest BCUT2D eigenvalue weighted by atomic mass is 9.92. The van der Waals surface area contributed by atoms with Crippen molar-refractivity contribution in [3.63, 3.8) is 0 Å². The monoisotopic (exact) mass is 319 g/mol. The lowest BCUT2D eigenvalue weighted by molar-refractivity contribution is -0.137. The molecular weight excluding hydrogens is 290 g/mol. The summed E-state index contributed by atoms with van der Waals surface area (Å²) < 4.78 is 0. The third kappa shape index (κ3) is 6.14. The normalized spacial score (nSPS) is 12.4. The largest absolute Gasteiger partial charge is 0.481 e. The van der Waals surface area contributed by atoms with E-state index in [1.54, 1.807) is 0 Å². The average Bonchev–Trinajstić information content (AvgIpc) is 2.51. The molecule has 0 saturated heterocycles. The number of unbranched alkanes of at least 4 members (excludes halogenated alkanes) is 1. The predicted octanol–water partition coefficient (Wildman–Crippen LogP) is 3.70. The Morgan fingerprint density at radius 1 is 1.17 bits per heavy atom. The minimum Gasteiger partial charge on any atom is -0.481 e. The molecule has 0 aliphatic carbocycles. The van der Waals surface area contributed by atoms with E-state index in [0.29, 0.717) is 12.1 Å². The topological polar surface area (TPSA) is 57.6 Å². The SMILES string of the molecule is CCCCN(CC)CC(CC(=O)O)C(=O)c1ccc(C)c(C)c1. The Morgan fingerprint density at radius 3 is 2.39 bits per heavy atom. The number of carbonyl (C=O) groups is 2. The molecule has 1 N–H and O–H groups in total. The first-order valence-electron chi connectivity index (χ1n) is 8.44. The van der Waals surface area contributed by atoms with Gasteiger partial charge in [0, 0.05) is 18.0 Å². The smallest absolute Gasteiger partial charge is 0.304 e. The van der Waals surface area contributed by atoms with E-state index in [4.69, 9.17) is 5.11 Å². The Hall–Kier alpha value is -1.68. The number of nitrogens with zero attached hydrogens (tertiary/aromatic N) is 1. The Kier molecular flexibility index (Phi) is 7.96. The van der Waals surface area contributed by atoms with Crippen molar-refractivity contribution in [2.45, 2.75) is 47.0 Å². The van der Waals surface area contributed by atoms with Crippen LogP contribution in [0, 0.1) is 19.8 Å². The van der Waals surface area contributed by atoms with Crippen molar-refractivity contribution >= 4 is 11.8 Å².